The Morgan fingerprint density at radius 2 is 1.97 bits per heavy atom. The summed E-state index contributed by atoms with van der Waals surface area (Å²) in [7, 11) is 0. The van der Waals surface area contributed by atoms with Gasteiger partial charge in [0.2, 0.25) is 5.88 Å². The Morgan fingerprint density at radius 1 is 1.19 bits per heavy atom. The van der Waals surface area contributed by atoms with Gasteiger partial charge in [0.1, 0.15) is 28.5 Å². The second-order valence-corrected chi connectivity index (χ2v) is 10.3. The number of ether oxygens (including phenoxy) is 2. The Kier molecular flexibility index (Phi) is 8.66. The van der Waals surface area contributed by atoms with E-state index >= 15 is 0 Å². The van der Waals surface area contributed by atoms with Crippen LogP contribution in [0.2, 0.25) is 10.0 Å². The van der Waals surface area contributed by atoms with Crippen LogP contribution in [0, 0.1) is 22.7 Å². The molecule has 1 aliphatic carbocycles. The molecule has 1 aromatic heterocycles. The van der Waals surface area contributed by atoms with Gasteiger partial charge in [-0.15, -0.1) is 0 Å². The minimum Gasteiger partial charge on any atom is -0.463 e. The van der Waals surface area contributed by atoms with Crippen LogP contribution in [0.3, 0.4) is 0 Å². The van der Waals surface area contributed by atoms with E-state index in [0.29, 0.717) is 21.2 Å². The van der Waals surface area contributed by atoms with Crippen LogP contribution in [0.1, 0.15) is 54.5 Å². The number of carbonyl (C=O) groups is 1. The normalized spacial score (nSPS) is 17.3. The van der Waals surface area contributed by atoms with Crippen LogP contribution in [0.5, 0.6) is 0 Å². The molecule has 2 aliphatic rings. The lowest BCUT2D eigenvalue weighted by molar-refractivity contribution is -0.139. The zero-order valence-corrected chi connectivity index (χ0v) is 22.5. The van der Waals surface area contributed by atoms with Crippen LogP contribution in [0.4, 0.5) is 0 Å². The molecule has 2 aromatic rings. The van der Waals surface area contributed by atoms with Crippen LogP contribution in [0.25, 0.3) is 0 Å². The van der Waals surface area contributed by atoms with Crippen molar-refractivity contribution in [1.82, 2.24) is 4.98 Å². The number of benzene rings is 1. The van der Waals surface area contributed by atoms with Crippen molar-refractivity contribution in [3.8, 4) is 12.1 Å². The molecule has 1 atom stereocenters. The topological polar surface area (TPSA) is 122 Å². The molecule has 0 saturated carbocycles. The molecular formula is C27H24Cl2N4O3S. The third kappa shape index (κ3) is 5.72. The van der Waals surface area contributed by atoms with Crippen molar-refractivity contribution in [2.75, 3.05) is 12.4 Å². The van der Waals surface area contributed by atoms with Gasteiger partial charge in [0.15, 0.2) is 0 Å². The molecule has 0 radical (unpaired) electrons. The van der Waals surface area contributed by atoms with Crippen LogP contribution in [0.15, 0.2) is 52.1 Å². The Labute approximate surface area is 229 Å². The van der Waals surface area contributed by atoms with Crippen molar-refractivity contribution in [2.45, 2.75) is 50.0 Å². The number of carbonyl (C=O) groups excluding carboxylic acids is 1. The highest BCUT2D eigenvalue weighted by molar-refractivity contribution is 7.99. The monoisotopic (exact) mass is 554 g/mol. The number of rotatable bonds is 6. The molecule has 37 heavy (non-hydrogen) atoms. The van der Waals surface area contributed by atoms with Crippen molar-refractivity contribution < 1.29 is 14.3 Å². The lowest BCUT2D eigenvalue weighted by atomic mass is 9.83. The average Bonchev–Trinajstić information content (AvgIpc) is 3.12. The summed E-state index contributed by atoms with van der Waals surface area (Å²) in [6.07, 6.45) is 5.04. The van der Waals surface area contributed by atoms with Gasteiger partial charge in [0.25, 0.3) is 0 Å². The molecule has 2 N–H and O–H groups in total. The van der Waals surface area contributed by atoms with Gasteiger partial charge in [-0.2, -0.15) is 10.5 Å². The number of halogens is 2. The van der Waals surface area contributed by atoms with E-state index in [9.17, 15) is 15.3 Å². The fraction of sp³-hybridized carbons (Fsp3) is 0.333. The third-order valence-electron chi connectivity index (χ3n) is 6.25. The van der Waals surface area contributed by atoms with E-state index in [1.165, 1.54) is 11.8 Å². The average molecular weight is 555 g/mol. The van der Waals surface area contributed by atoms with Crippen LogP contribution < -0.4 is 5.73 Å². The summed E-state index contributed by atoms with van der Waals surface area (Å²) >= 11 is 13.6. The predicted molar refractivity (Wildman–Crippen MR) is 142 cm³/mol. The largest absolute Gasteiger partial charge is 0.463 e. The number of esters is 1. The van der Waals surface area contributed by atoms with Crippen molar-refractivity contribution in [3.63, 3.8) is 0 Å². The van der Waals surface area contributed by atoms with Crippen molar-refractivity contribution in [2.24, 2.45) is 5.73 Å². The summed E-state index contributed by atoms with van der Waals surface area (Å²) < 4.78 is 11.2. The molecule has 1 aliphatic heterocycles. The zero-order valence-electron chi connectivity index (χ0n) is 20.1. The number of hydrogen-bond donors (Lipinski definition) is 1. The lowest BCUT2D eigenvalue weighted by Crippen LogP contribution is -2.27. The van der Waals surface area contributed by atoms with E-state index < -0.39 is 11.9 Å². The van der Waals surface area contributed by atoms with E-state index in [4.69, 9.17) is 43.4 Å². The van der Waals surface area contributed by atoms with E-state index in [2.05, 4.69) is 12.1 Å². The summed E-state index contributed by atoms with van der Waals surface area (Å²) in [6, 6.07) is 11.1. The van der Waals surface area contributed by atoms with Gasteiger partial charge in [-0.1, -0.05) is 47.5 Å². The van der Waals surface area contributed by atoms with Crippen molar-refractivity contribution in [3.05, 3.63) is 79.5 Å². The molecule has 1 aromatic carbocycles. The van der Waals surface area contributed by atoms with Crippen LogP contribution in [-0.4, -0.2) is 23.3 Å². The first-order valence-electron chi connectivity index (χ1n) is 11.9. The van der Waals surface area contributed by atoms with Gasteiger partial charge in [0.05, 0.1) is 39.5 Å². The molecule has 190 valence electrons. The summed E-state index contributed by atoms with van der Waals surface area (Å²) in [4.78, 5) is 18.0. The summed E-state index contributed by atoms with van der Waals surface area (Å²) in [5.41, 5.74) is 9.51. The molecule has 0 spiro atoms. The zero-order chi connectivity index (χ0) is 26.5. The molecule has 4 rings (SSSR count). The Bertz CT molecular complexity index is 1390. The standard InChI is InChI=1S/C27H24Cl2N4O3S/c1-2-35-27(34)24-22(14-37-26-17(12-30)10-15-6-4-3-5-7-21(15)33-26)36-25(32)18(13-31)23(24)16-8-9-19(28)20(29)11-16/h8-11,23H,2-7,14,32H2,1H3/t23-/m1/s1. The van der Waals surface area contributed by atoms with E-state index in [1.54, 1.807) is 25.1 Å². The van der Waals surface area contributed by atoms with Crippen LogP contribution >= 0.6 is 35.0 Å². The number of nitriles is 2. The van der Waals surface area contributed by atoms with E-state index in [-0.39, 0.29) is 40.2 Å². The first-order valence-corrected chi connectivity index (χ1v) is 13.6. The quantitative estimate of drug-likeness (QED) is 0.264. The number of thioether (sulfide) groups is 1. The van der Waals surface area contributed by atoms with Gasteiger partial charge in [-0.05, 0) is 61.9 Å². The number of nitrogens with two attached hydrogens (primary N) is 1. The smallest absolute Gasteiger partial charge is 0.338 e. The number of pyridine rings is 1. The molecule has 0 saturated heterocycles. The number of allylic oxidation sites excluding steroid dienone is 1. The highest BCUT2D eigenvalue weighted by atomic mass is 35.5. The molecule has 0 amide bonds. The highest BCUT2D eigenvalue weighted by Crippen LogP contribution is 2.42. The van der Waals surface area contributed by atoms with Gasteiger partial charge >= 0.3 is 5.97 Å². The van der Waals surface area contributed by atoms with Gasteiger partial charge in [-0.25, -0.2) is 9.78 Å². The fourth-order valence-electron chi connectivity index (χ4n) is 4.50. The van der Waals surface area contributed by atoms with Gasteiger partial charge < -0.3 is 15.2 Å². The lowest BCUT2D eigenvalue weighted by Gasteiger charge is -2.28. The fourth-order valence-corrected chi connectivity index (χ4v) is 5.72. The number of nitrogens with zero attached hydrogens (tertiary/aromatic N) is 3. The maximum Gasteiger partial charge on any atom is 0.338 e. The molecule has 0 fully saturated rings. The molecule has 2 heterocycles. The number of fused-ring (bicyclic) bond motifs is 1. The van der Waals surface area contributed by atoms with Crippen LogP contribution in [-0.2, 0) is 27.1 Å². The third-order valence-corrected chi connectivity index (χ3v) is 7.98. The Hall–Kier alpha value is -3.17. The molecule has 0 bridgehead atoms. The molecule has 0 unspecified atom stereocenters. The Morgan fingerprint density at radius 3 is 2.68 bits per heavy atom. The summed E-state index contributed by atoms with van der Waals surface area (Å²) in [6.45, 7) is 1.82. The maximum absolute atomic E-state index is 13.2. The minimum absolute atomic E-state index is 0.0658. The second kappa shape index (κ2) is 11.9. The van der Waals surface area contributed by atoms with Crippen molar-refractivity contribution in [1.29, 1.82) is 10.5 Å². The second-order valence-electron chi connectivity index (χ2n) is 8.56. The highest BCUT2D eigenvalue weighted by Gasteiger charge is 2.38. The Balaban J connectivity index is 1.77. The maximum atomic E-state index is 13.2. The molecular weight excluding hydrogens is 531 g/mol. The van der Waals surface area contributed by atoms with E-state index in [1.807, 2.05) is 6.07 Å². The summed E-state index contributed by atoms with van der Waals surface area (Å²) in [5, 5.41) is 20.8. The predicted octanol–water partition coefficient (Wildman–Crippen LogP) is 5.95. The van der Waals surface area contributed by atoms with Gasteiger partial charge in [0, 0.05) is 5.69 Å². The number of aryl methyl sites for hydroxylation is 2. The minimum atomic E-state index is -0.862. The first kappa shape index (κ1) is 26.9. The SMILES string of the molecule is CCOC(=O)C1=C(CSc2nc3c(cc2C#N)CCCCC3)OC(N)=C(C#N)[C@H]1c1ccc(Cl)c(Cl)c1. The molecule has 10 heteroatoms. The first-order chi connectivity index (χ1) is 17.9. The van der Waals surface area contributed by atoms with Crippen molar-refractivity contribution >= 4 is 40.9 Å². The van der Waals surface area contributed by atoms with E-state index in [0.717, 1.165) is 43.4 Å². The summed E-state index contributed by atoms with van der Waals surface area (Å²) in [5.74, 6) is -1.23. The number of aromatic nitrogens is 1. The number of hydrogen-bond acceptors (Lipinski definition) is 8. The van der Waals surface area contributed by atoms with Gasteiger partial charge in [-0.3, -0.25) is 0 Å². The molecule has 7 nitrogen and oxygen atoms in total.